The lowest BCUT2D eigenvalue weighted by atomic mass is 10.1. The second-order valence-electron chi connectivity index (χ2n) is 4.57. The van der Waals surface area contributed by atoms with Crippen LogP contribution in [0.5, 0.6) is 5.75 Å². The Kier molecular flexibility index (Phi) is 4.26. The maximum atomic E-state index is 13.2. The Bertz CT molecular complexity index is 668. The molecule has 0 heterocycles. The third-order valence-electron chi connectivity index (χ3n) is 2.99. The topological polar surface area (TPSA) is 33.0 Å². The van der Waals surface area contributed by atoms with Crippen molar-refractivity contribution in [2.45, 2.75) is 20.5 Å². The van der Waals surface area contributed by atoms with Crippen molar-refractivity contribution in [3.8, 4) is 11.8 Å². The van der Waals surface area contributed by atoms with Gasteiger partial charge < -0.3 is 4.74 Å². The van der Waals surface area contributed by atoms with E-state index in [1.807, 2.05) is 32.0 Å². The number of aryl methyl sites for hydroxylation is 2. The van der Waals surface area contributed by atoms with E-state index in [9.17, 15) is 4.39 Å². The van der Waals surface area contributed by atoms with E-state index in [1.165, 1.54) is 18.2 Å². The lowest BCUT2D eigenvalue weighted by Crippen LogP contribution is -2.00. The molecular weight excluding hydrogens is 277 g/mol. The maximum absolute atomic E-state index is 13.2. The molecule has 0 aliphatic carbocycles. The molecule has 0 saturated carbocycles. The fourth-order valence-corrected chi connectivity index (χ4v) is 2.05. The average Bonchev–Trinajstić information content (AvgIpc) is 2.42. The molecule has 2 nitrogen and oxygen atoms in total. The largest absolute Gasteiger partial charge is 0.489 e. The van der Waals surface area contributed by atoms with Crippen LogP contribution in [-0.4, -0.2) is 0 Å². The van der Waals surface area contributed by atoms with Crippen molar-refractivity contribution < 1.29 is 9.13 Å². The molecule has 2 aromatic rings. The molecule has 0 unspecified atom stereocenters. The highest BCUT2D eigenvalue weighted by Crippen LogP contribution is 2.26. The molecule has 0 atom stereocenters. The van der Waals surface area contributed by atoms with Gasteiger partial charge in [-0.3, -0.25) is 0 Å². The first-order valence-corrected chi connectivity index (χ1v) is 6.47. The normalized spacial score (nSPS) is 10.2. The van der Waals surface area contributed by atoms with Crippen molar-refractivity contribution in [3.05, 3.63) is 63.4 Å². The molecular formula is C16H13ClFNO. The van der Waals surface area contributed by atoms with Gasteiger partial charge in [-0.05, 0) is 55.3 Å². The number of hydrogen-bond acceptors (Lipinski definition) is 2. The van der Waals surface area contributed by atoms with Crippen molar-refractivity contribution in [2.75, 3.05) is 0 Å². The summed E-state index contributed by atoms with van der Waals surface area (Å²) in [5, 5.41) is 9.69. The van der Waals surface area contributed by atoms with Gasteiger partial charge in [0.15, 0.2) is 0 Å². The number of rotatable bonds is 3. The molecule has 2 aromatic carbocycles. The standard InChI is InChI=1S/C16H13ClFNO/c1-10-5-15(6-11(2)16(10)17)20-9-13-7-14(18)4-3-12(13)8-19/h3-7H,9H2,1-2H3. The van der Waals surface area contributed by atoms with Gasteiger partial charge in [-0.2, -0.15) is 5.26 Å². The van der Waals surface area contributed by atoms with Crippen molar-refractivity contribution in [3.63, 3.8) is 0 Å². The fraction of sp³-hybridized carbons (Fsp3) is 0.188. The monoisotopic (exact) mass is 289 g/mol. The van der Waals surface area contributed by atoms with Crippen LogP contribution in [0.3, 0.4) is 0 Å². The Labute approximate surface area is 122 Å². The molecule has 0 spiro atoms. The van der Waals surface area contributed by atoms with E-state index in [2.05, 4.69) is 0 Å². The van der Waals surface area contributed by atoms with Gasteiger partial charge in [-0.1, -0.05) is 11.6 Å². The van der Waals surface area contributed by atoms with Crippen LogP contribution in [0.1, 0.15) is 22.3 Å². The lowest BCUT2D eigenvalue weighted by molar-refractivity contribution is 0.305. The van der Waals surface area contributed by atoms with E-state index in [0.717, 1.165) is 11.1 Å². The van der Waals surface area contributed by atoms with Gasteiger partial charge in [0.1, 0.15) is 18.2 Å². The first-order valence-electron chi connectivity index (χ1n) is 6.09. The zero-order valence-corrected chi connectivity index (χ0v) is 12.0. The molecule has 0 aliphatic heterocycles. The zero-order chi connectivity index (χ0) is 14.7. The number of hydrogen-bond donors (Lipinski definition) is 0. The van der Waals surface area contributed by atoms with Gasteiger partial charge in [0.25, 0.3) is 0 Å². The molecule has 0 saturated heterocycles. The first kappa shape index (κ1) is 14.4. The smallest absolute Gasteiger partial charge is 0.123 e. The SMILES string of the molecule is Cc1cc(OCc2cc(F)ccc2C#N)cc(C)c1Cl. The van der Waals surface area contributed by atoms with E-state index >= 15 is 0 Å². The van der Waals surface area contributed by atoms with Gasteiger partial charge in [0.2, 0.25) is 0 Å². The number of benzene rings is 2. The fourth-order valence-electron chi connectivity index (χ4n) is 1.94. The van der Waals surface area contributed by atoms with E-state index in [1.54, 1.807) is 0 Å². The first-order chi connectivity index (χ1) is 9.51. The number of nitrogens with zero attached hydrogens (tertiary/aromatic N) is 1. The Hall–Kier alpha value is -2.05. The summed E-state index contributed by atoms with van der Waals surface area (Å²) in [6.45, 7) is 3.93. The van der Waals surface area contributed by atoms with Crippen molar-refractivity contribution in [1.29, 1.82) is 5.26 Å². The molecule has 20 heavy (non-hydrogen) atoms. The van der Waals surface area contributed by atoms with Crippen LogP contribution in [0, 0.1) is 31.0 Å². The molecule has 0 aromatic heterocycles. The van der Waals surface area contributed by atoms with Crippen LogP contribution >= 0.6 is 11.6 Å². The summed E-state index contributed by atoms with van der Waals surface area (Å²) >= 11 is 6.09. The third kappa shape index (κ3) is 3.09. The highest BCUT2D eigenvalue weighted by Gasteiger charge is 2.07. The van der Waals surface area contributed by atoms with Crippen LogP contribution in [0.4, 0.5) is 4.39 Å². The summed E-state index contributed by atoms with van der Waals surface area (Å²) in [6, 6.07) is 9.69. The summed E-state index contributed by atoms with van der Waals surface area (Å²) in [7, 11) is 0. The highest BCUT2D eigenvalue weighted by atomic mass is 35.5. The molecule has 0 radical (unpaired) electrons. The molecule has 0 bridgehead atoms. The van der Waals surface area contributed by atoms with E-state index in [4.69, 9.17) is 21.6 Å². The molecule has 2 rings (SSSR count). The lowest BCUT2D eigenvalue weighted by Gasteiger charge is -2.11. The highest BCUT2D eigenvalue weighted by molar-refractivity contribution is 6.32. The summed E-state index contributed by atoms with van der Waals surface area (Å²) in [5.41, 5.74) is 2.77. The Morgan fingerprint density at radius 2 is 1.85 bits per heavy atom. The predicted molar refractivity (Wildman–Crippen MR) is 76.4 cm³/mol. The molecule has 0 amide bonds. The Morgan fingerprint density at radius 3 is 2.45 bits per heavy atom. The summed E-state index contributed by atoms with van der Waals surface area (Å²) in [6.07, 6.45) is 0. The maximum Gasteiger partial charge on any atom is 0.123 e. The van der Waals surface area contributed by atoms with Gasteiger partial charge in [-0.15, -0.1) is 0 Å². The summed E-state index contributed by atoms with van der Waals surface area (Å²) in [5.74, 6) is 0.267. The molecule has 102 valence electrons. The molecule has 0 aliphatic rings. The van der Waals surface area contributed by atoms with E-state index < -0.39 is 0 Å². The second kappa shape index (κ2) is 5.94. The van der Waals surface area contributed by atoms with Crippen LogP contribution in [0.25, 0.3) is 0 Å². The van der Waals surface area contributed by atoms with E-state index in [-0.39, 0.29) is 12.4 Å². The average molecular weight is 290 g/mol. The zero-order valence-electron chi connectivity index (χ0n) is 11.2. The van der Waals surface area contributed by atoms with Crippen LogP contribution in [0.15, 0.2) is 30.3 Å². The van der Waals surface area contributed by atoms with Crippen LogP contribution in [0.2, 0.25) is 5.02 Å². The van der Waals surface area contributed by atoms with Gasteiger partial charge >= 0.3 is 0 Å². The van der Waals surface area contributed by atoms with E-state index in [0.29, 0.717) is 21.9 Å². The molecule has 0 N–H and O–H groups in total. The van der Waals surface area contributed by atoms with Gasteiger partial charge in [-0.25, -0.2) is 4.39 Å². The number of nitriles is 1. The van der Waals surface area contributed by atoms with Crippen LogP contribution < -0.4 is 4.74 Å². The minimum Gasteiger partial charge on any atom is -0.489 e. The quantitative estimate of drug-likeness (QED) is 0.830. The summed E-state index contributed by atoms with van der Waals surface area (Å²) in [4.78, 5) is 0. The van der Waals surface area contributed by atoms with Crippen molar-refractivity contribution >= 4 is 11.6 Å². The minimum absolute atomic E-state index is 0.140. The van der Waals surface area contributed by atoms with Crippen molar-refractivity contribution in [1.82, 2.24) is 0 Å². The summed E-state index contributed by atoms with van der Waals surface area (Å²) < 4.78 is 18.8. The molecule has 4 heteroatoms. The van der Waals surface area contributed by atoms with Crippen molar-refractivity contribution in [2.24, 2.45) is 0 Å². The molecule has 0 fully saturated rings. The predicted octanol–water partition coefficient (Wildman–Crippen LogP) is 4.55. The minimum atomic E-state index is -0.383. The Morgan fingerprint density at radius 1 is 1.20 bits per heavy atom. The van der Waals surface area contributed by atoms with Gasteiger partial charge in [0, 0.05) is 10.6 Å². The van der Waals surface area contributed by atoms with Gasteiger partial charge in [0.05, 0.1) is 11.6 Å². The number of ether oxygens (including phenoxy) is 1. The second-order valence-corrected chi connectivity index (χ2v) is 4.95. The number of halogens is 2. The van der Waals surface area contributed by atoms with Crippen LogP contribution in [-0.2, 0) is 6.61 Å². The Balaban J connectivity index is 2.21. The third-order valence-corrected chi connectivity index (χ3v) is 3.59.